The summed E-state index contributed by atoms with van der Waals surface area (Å²) in [5.74, 6) is 0. The molecule has 14 heteroatoms. The summed E-state index contributed by atoms with van der Waals surface area (Å²) in [6, 6.07) is 0.194. The molecule has 2 heterocycles. The molecule has 33 heavy (non-hydrogen) atoms. The SMILES string of the molecule is CS(N)(=O)=O.O=C(NC1CCCCC1)O[C@@H]1CCN(c2cnn(CC(O)CO)c(=O)c2Cl)C1. The number of hydrogen-bond acceptors (Lipinski definition) is 9. The third-order valence-corrected chi connectivity index (χ3v) is 5.60. The third kappa shape index (κ3) is 9.45. The summed E-state index contributed by atoms with van der Waals surface area (Å²) < 4.78 is 25.4. The van der Waals surface area contributed by atoms with E-state index in [0.717, 1.165) is 36.6 Å². The van der Waals surface area contributed by atoms with E-state index in [0.29, 0.717) is 25.2 Å². The van der Waals surface area contributed by atoms with Crippen LogP contribution in [0.25, 0.3) is 0 Å². The van der Waals surface area contributed by atoms with E-state index >= 15 is 0 Å². The number of anilines is 1. The molecule has 188 valence electrons. The minimum Gasteiger partial charge on any atom is -0.444 e. The minimum absolute atomic E-state index is 0.00699. The Labute approximate surface area is 197 Å². The fourth-order valence-electron chi connectivity index (χ4n) is 3.71. The zero-order valence-corrected chi connectivity index (χ0v) is 20.1. The molecule has 1 aliphatic carbocycles. The van der Waals surface area contributed by atoms with Crippen molar-refractivity contribution in [1.82, 2.24) is 15.1 Å². The molecule has 2 aliphatic rings. The summed E-state index contributed by atoms with van der Waals surface area (Å²) in [4.78, 5) is 26.3. The summed E-state index contributed by atoms with van der Waals surface area (Å²) in [6.07, 6.45) is 6.75. The van der Waals surface area contributed by atoms with Crippen LogP contribution in [0.2, 0.25) is 5.02 Å². The summed E-state index contributed by atoms with van der Waals surface area (Å²) >= 11 is 6.21. The van der Waals surface area contributed by atoms with Crippen molar-refractivity contribution < 1.29 is 28.2 Å². The Balaban J connectivity index is 0.000000696. The van der Waals surface area contributed by atoms with Gasteiger partial charge in [0.2, 0.25) is 10.0 Å². The van der Waals surface area contributed by atoms with E-state index in [1.165, 1.54) is 12.6 Å². The second-order valence-corrected chi connectivity index (χ2v) is 10.3. The highest BCUT2D eigenvalue weighted by Crippen LogP contribution is 2.26. The van der Waals surface area contributed by atoms with Gasteiger partial charge in [-0.2, -0.15) is 5.10 Å². The van der Waals surface area contributed by atoms with Gasteiger partial charge in [0.1, 0.15) is 11.1 Å². The van der Waals surface area contributed by atoms with Gasteiger partial charge >= 0.3 is 6.09 Å². The number of nitrogens with two attached hydrogens (primary N) is 1. The number of hydrogen-bond donors (Lipinski definition) is 4. The average molecular weight is 510 g/mol. The van der Waals surface area contributed by atoms with Crippen LogP contribution in [0.15, 0.2) is 11.0 Å². The van der Waals surface area contributed by atoms with Crippen LogP contribution in [-0.2, 0) is 21.3 Å². The molecule has 0 aromatic carbocycles. The van der Waals surface area contributed by atoms with Gasteiger partial charge in [0.15, 0.2) is 0 Å². The number of aliphatic hydroxyl groups excluding tert-OH is 2. The Morgan fingerprint density at radius 2 is 2.00 bits per heavy atom. The van der Waals surface area contributed by atoms with Gasteiger partial charge in [-0.05, 0) is 12.8 Å². The number of nitrogens with zero attached hydrogens (tertiary/aromatic N) is 3. The molecule has 1 unspecified atom stereocenters. The summed E-state index contributed by atoms with van der Waals surface area (Å²) in [5, 5.41) is 29.7. The molecule has 5 N–H and O–H groups in total. The van der Waals surface area contributed by atoms with Gasteiger partial charge in [-0.3, -0.25) is 4.79 Å². The second kappa shape index (κ2) is 12.5. The first-order valence-corrected chi connectivity index (χ1v) is 13.1. The number of halogens is 1. The number of ether oxygens (including phenoxy) is 1. The Hall–Kier alpha value is -1.93. The van der Waals surface area contributed by atoms with E-state index in [1.54, 1.807) is 0 Å². The number of amides is 1. The van der Waals surface area contributed by atoms with Crippen molar-refractivity contribution in [3.63, 3.8) is 0 Å². The summed E-state index contributed by atoms with van der Waals surface area (Å²) in [5.41, 5.74) is -0.0636. The van der Waals surface area contributed by atoms with E-state index < -0.39 is 34.4 Å². The zero-order chi connectivity index (χ0) is 24.6. The van der Waals surface area contributed by atoms with E-state index in [-0.39, 0.29) is 23.7 Å². The highest BCUT2D eigenvalue weighted by atomic mass is 35.5. The number of primary sulfonamides is 1. The molecule has 2 atom stereocenters. The fourth-order valence-corrected chi connectivity index (χ4v) is 3.97. The van der Waals surface area contributed by atoms with Crippen molar-refractivity contribution in [3.8, 4) is 0 Å². The van der Waals surface area contributed by atoms with Gasteiger partial charge in [-0.25, -0.2) is 23.0 Å². The predicted octanol–water partition coefficient (Wildman–Crippen LogP) is -0.208. The van der Waals surface area contributed by atoms with E-state index in [9.17, 15) is 23.1 Å². The quantitative estimate of drug-likeness (QED) is 0.404. The smallest absolute Gasteiger partial charge is 0.407 e. The van der Waals surface area contributed by atoms with Crippen molar-refractivity contribution >= 4 is 33.4 Å². The van der Waals surface area contributed by atoms with Gasteiger partial charge in [0.25, 0.3) is 5.56 Å². The van der Waals surface area contributed by atoms with Crippen LogP contribution in [0.3, 0.4) is 0 Å². The largest absolute Gasteiger partial charge is 0.444 e. The lowest BCUT2D eigenvalue weighted by Gasteiger charge is -2.24. The number of carbonyl (C=O) groups excluding carboxylic acids is 1. The maximum atomic E-state index is 12.3. The average Bonchev–Trinajstić information content (AvgIpc) is 3.18. The number of nitrogens with one attached hydrogen (secondary N) is 1. The van der Waals surface area contributed by atoms with Crippen molar-refractivity contribution in [2.75, 3.05) is 30.9 Å². The number of aliphatic hydroxyl groups is 2. The Kier molecular flexibility index (Phi) is 10.4. The van der Waals surface area contributed by atoms with Crippen LogP contribution in [0.5, 0.6) is 0 Å². The Morgan fingerprint density at radius 1 is 1.36 bits per heavy atom. The molecule has 1 saturated heterocycles. The topological polar surface area (TPSA) is 177 Å². The van der Waals surface area contributed by atoms with Gasteiger partial charge in [0, 0.05) is 19.0 Å². The Bertz CT molecular complexity index is 944. The van der Waals surface area contributed by atoms with E-state index in [2.05, 4.69) is 15.6 Å². The molecule has 12 nitrogen and oxygen atoms in total. The molecule has 1 aromatic heterocycles. The van der Waals surface area contributed by atoms with Crippen molar-refractivity contribution in [1.29, 1.82) is 0 Å². The maximum absolute atomic E-state index is 12.3. The molecule has 1 aliphatic heterocycles. The molecule has 1 saturated carbocycles. The van der Waals surface area contributed by atoms with E-state index in [1.807, 2.05) is 4.90 Å². The molecule has 0 radical (unpaired) electrons. The third-order valence-electron chi connectivity index (χ3n) is 5.25. The van der Waals surface area contributed by atoms with Crippen molar-refractivity contribution in [2.45, 2.75) is 63.3 Å². The van der Waals surface area contributed by atoms with Crippen molar-refractivity contribution in [3.05, 3.63) is 21.6 Å². The van der Waals surface area contributed by atoms with Gasteiger partial charge in [-0.1, -0.05) is 30.9 Å². The zero-order valence-electron chi connectivity index (χ0n) is 18.5. The first kappa shape index (κ1) is 27.3. The van der Waals surface area contributed by atoms with Crippen LogP contribution >= 0.6 is 11.6 Å². The second-order valence-electron chi connectivity index (χ2n) is 8.24. The molecule has 3 rings (SSSR count). The molecule has 0 spiro atoms. The number of rotatable bonds is 6. The van der Waals surface area contributed by atoms with Gasteiger partial charge in [-0.15, -0.1) is 0 Å². The van der Waals surface area contributed by atoms with Crippen LogP contribution in [-0.4, -0.2) is 78.7 Å². The van der Waals surface area contributed by atoms with Gasteiger partial charge < -0.3 is 25.2 Å². The lowest BCUT2D eigenvalue weighted by atomic mass is 9.96. The monoisotopic (exact) mass is 509 g/mol. The highest BCUT2D eigenvalue weighted by molar-refractivity contribution is 7.88. The molecular formula is C19H32ClN5O7S. The van der Waals surface area contributed by atoms with Crippen molar-refractivity contribution in [2.24, 2.45) is 5.14 Å². The standard InChI is InChI=1S/C18H27ClN4O5.CH5NO2S/c19-16-15(8-20-23(17(16)26)9-13(25)11-24)22-7-6-14(10-22)28-18(27)21-12-4-2-1-3-5-12;1-5(2,3)4/h8,12-14,24-25H,1-7,9-11H2,(H,21,27);1H3,(H2,2,3,4)/t13?,14-;/m1./s1. The van der Waals surface area contributed by atoms with Crippen LogP contribution in [0.4, 0.5) is 10.5 Å². The van der Waals surface area contributed by atoms with E-state index in [4.69, 9.17) is 21.4 Å². The molecule has 1 amide bonds. The molecule has 0 bridgehead atoms. The van der Waals surface area contributed by atoms with Crippen LogP contribution in [0.1, 0.15) is 38.5 Å². The number of aromatic nitrogens is 2. The maximum Gasteiger partial charge on any atom is 0.407 e. The Morgan fingerprint density at radius 3 is 2.61 bits per heavy atom. The van der Waals surface area contributed by atoms with Crippen LogP contribution in [0, 0.1) is 0 Å². The normalized spacial score (nSPS) is 20.0. The number of alkyl carbamates (subject to hydrolysis) is 1. The fraction of sp³-hybridized carbons (Fsp3) is 0.737. The number of sulfonamides is 1. The molecule has 2 fully saturated rings. The highest BCUT2D eigenvalue weighted by Gasteiger charge is 2.29. The minimum atomic E-state index is -3.17. The predicted molar refractivity (Wildman–Crippen MR) is 123 cm³/mol. The lowest BCUT2D eigenvalue weighted by Crippen LogP contribution is -2.39. The summed E-state index contributed by atoms with van der Waals surface area (Å²) in [7, 11) is -3.17. The van der Waals surface area contributed by atoms with Crippen LogP contribution < -0.4 is 20.9 Å². The molecule has 1 aromatic rings. The first-order valence-electron chi connectivity index (χ1n) is 10.7. The first-order chi connectivity index (χ1) is 15.5. The van der Waals surface area contributed by atoms with Gasteiger partial charge in [0.05, 0.1) is 43.9 Å². The number of carbonyl (C=O) groups is 1. The molecular weight excluding hydrogens is 478 g/mol. The summed E-state index contributed by atoms with van der Waals surface area (Å²) in [6.45, 7) is 0.414. The lowest BCUT2D eigenvalue weighted by molar-refractivity contribution is 0.0770.